The lowest BCUT2D eigenvalue weighted by atomic mass is 10.0. The number of nitrogens with one attached hydrogen (secondary N) is 1. The summed E-state index contributed by atoms with van der Waals surface area (Å²) in [7, 11) is 0. The third kappa shape index (κ3) is 6.25. The molecule has 0 bridgehead atoms. The summed E-state index contributed by atoms with van der Waals surface area (Å²) >= 11 is 1.24. The first-order chi connectivity index (χ1) is 16.9. The number of hydrogen-bond acceptors (Lipinski definition) is 5. The number of aryl methyl sites for hydroxylation is 1. The van der Waals surface area contributed by atoms with Crippen molar-refractivity contribution in [2.45, 2.75) is 33.2 Å². The number of aliphatic imine (C=N–C) groups is 1. The SMILES string of the molecule is Cc1ccc(N2C(=O)/C(=C/c3ccc(C(C)C)cc3)N=C2SCC(=O)NCc2ccccn2)cc1. The molecular weight excluding hydrogens is 456 g/mol. The predicted molar refractivity (Wildman–Crippen MR) is 143 cm³/mol. The van der Waals surface area contributed by atoms with E-state index in [1.54, 1.807) is 17.2 Å². The Hall–Kier alpha value is -3.71. The summed E-state index contributed by atoms with van der Waals surface area (Å²) in [6.45, 7) is 6.64. The van der Waals surface area contributed by atoms with Gasteiger partial charge in [-0.25, -0.2) is 4.99 Å². The predicted octanol–water partition coefficient (Wildman–Crippen LogP) is 5.31. The van der Waals surface area contributed by atoms with E-state index in [-0.39, 0.29) is 17.6 Å². The number of aromatic nitrogens is 1. The summed E-state index contributed by atoms with van der Waals surface area (Å²) < 4.78 is 0. The van der Waals surface area contributed by atoms with Gasteiger partial charge in [-0.2, -0.15) is 0 Å². The molecule has 1 aliphatic heterocycles. The second-order valence-corrected chi connectivity index (χ2v) is 9.55. The minimum absolute atomic E-state index is 0.137. The van der Waals surface area contributed by atoms with Gasteiger partial charge in [0.15, 0.2) is 5.17 Å². The molecule has 1 N–H and O–H groups in total. The van der Waals surface area contributed by atoms with Gasteiger partial charge in [-0.1, -0.05) is 73.6 Å². The lowest BCUT2D eigenvalue weighted by Crippen LogP contribution is -2.32. The second-order valence-electron chi connectivity index (χ2n) is 8.61. The summed E-state index contributed by atoms with van der Waals surface area (Å²) in [4.78, 5) is 36.2. The van der Waals surface area contributed by atoms with Crippen LogP contribution in [0, 0.1) is 6.92 Å². The number of thioether (sulfide) groups is 1. The Morgan fingerprint density at radius 2 is 1.80 bits per heavy atom. The molecule has 7 heteroatoms. The molecule has 0 unspecified atom stereocenters. The molecule has 2 heterocycles. The quantitative estimate of drug-likeness (QED) is 0.462. The maximum Gasteiger partial charge on any atom is 0.283 e. The van der Waals surface area contributed by atoms with Gasteiger partial charge < -0.3 is 5.32 Å². The lowest BCUT2D eigenvalue weighted by Gasteiger charge is -2.18. The van der Waals surface area contributed by atoms with Crippen molar-refractivity contribution in [3.63, 3.8) is 0 Å². The number of anilines is 1. The molecular formula is C28H28N4O2S. The first kappa shape index (κ1) is 24.4. The molecule has 178 valence electrons. The molecule has 0 fully saturated rings. The lowest BCUT2D eigenvalue weighted by molar-refractivity contribution is -0.118. The zero-order valence-electron chi connectivity index (χ0n) is 20.1. The number of hydrogen-bond donors (Lipinski definition) is 1. The third-order valence-electron chi connectivity index (χ3n) is 5.55. The Bertz CT molecular complexity index is 1250. The fourth-order valence-electron chi connectivity index (χ4n) is 3.52. The molecule has 0 spiro atoms. The van der Waals surface area contributed by atoms with Crippen molar-refractivity contribution < 1.29 is 9.59 Å². The van der Waals surface area contributed by atoms with E-state index >= 15 is 0 Å². The second kappa shape index (κ2) is 11.1. The van der Waals surface area contributed by atoms with Crippen molar-refractivity contribution in [1.29, 1.82) is 0 Å². The van der Waals surface area contributed by atoms with Crippen molar-refractivity contribution in [1.82, 2.24) is 10.3 Å². The van der Waals surface area contributed by atoms with Gasteiger partial charge in [0.05, 0.1) is 23.7 Å². The van der Waals surface area contributed by atoms with Crippen LogP contribution in [-0.2, 0) is 16.1 Å². The first-order valence-corrected chi connectivity index (χ1v) is 12.5. The van der Waals surface area contributed by atoms with Gasteiger partial charge in [0, 0.05) is 6.20 Å². The number of rotatable bonds is 7. The third-order valence-corrected chi connectivity index (χ3v) is 6.49. The van der Waals surface area contributed by atoms with Gasteiger partial charge in [0.1, 0.15) is 5.70 Å². The van der Waals surface area contributed by atoms with Gasteiger partial charge in [-0.05, 0) is 54.3 Å². The van der Waals surface area contributed by atoms with Crippen LogP contribution in [0.1, 0.15) is 42.1 Å². The summed E-state index contributed by atoms with van der Waals surface area (Å²) in [5.74, 6) is 0.212. The number of amides is 2. The van der Waals surface area contributed by atoms with E-state index in [2.05, 4.69) is 41.3 Å². The van der Waals surface area contributed by atoms with Crippen molar-refractivity contribution in [2.24, 2.45) is 4.99 Å². The summed E-state index contributed by atoms with van der Waals surface area (Å²) in [5, 5.41) is 3.35. The molecule has 0 aliphatic carbocycles. The average molecular weight is 485 g/mol. The molecule has 2 aromatic carbocycles. The van der Waals surface area contributed by atoms with E-state index < -0.39 is 0 Å². The van der Waals surface area contributed by atoms with E-state index in [4.69, 9.17) is 0 Å². The number of nitrogens with zero attached hydrogens (tertiary/aromatic N) is 3. The number of carbonyl (C=O) groups is 2. The first-order valence-electron chi connectivity index (χ1n) is 11.5. The van der Waals surface area contributed by atoms with Crippen LogP contribution in [-0.4, -0.2) is 27.7 Å². The zero-order chi connectivity index (χ0) is 24.8. The molecule has 3 aromatic rings. The van der Waals surface area contributed by atoms with E-state index in [1.165, 1.54) is 17.3 Å². The Labute approximate surface area is 210 Å². The molecule has 4 rings (SSSR count). The van der Waals surface area contributed by atoms with Crippen LogP contribution in [0.15, 0.2) is 83.6 Å². The Kier molecular flexibility index (Phi) is 7.77. The highest BCUT2D eigenvalue weighted by Gasteiger charge is 2.32. The van der Waals surface area contributed by atoms with Crippen molar-refractivity contribution in [2.75, 3.05) is 10.7 Å². The summed E-state index contributed by atoms with van der Waals surface area (Å²) in [6.07, 6.45) is 3.49. The molecule has 0 atom stereocenters. The van der Waals surface area contributed by atoms with Gasteiger partial charge in [0.2, 0.25) is 5.91 Å². The molecule has 0 saturated heterocycles. The fraction of sp³-hybridized carbons (Fsp3) is 0.214. The van der Waals surface area contributed by atoms with E-state index in [0.29, 0.717) is 23.3 Å². The van der Waals surface area contributed by atoms with Crippen molar-refractivity contribution in [3.8, 4) is 0 Å². The number of amidine groups is 1. The van der Waals surface area contributed by atoms with Gasteiger partial charge >= 0.3 is 0 Å². The molecule has 1 aliphatic rings. The monoisotopic (exact) mass is 484 g/mol. The maximum absolute atomic E-state index is 13.4. The molecule has 1 aromatic heterocycles. The minimum atomic E-state index is -0.210. The average Bonchev–Trinajstić information content (AvgIpc) is 3.17. The zero-order valence-corrected chi connectivity index (χ0v) is 20.9. The smallest absolute Gasteiger partial charge is 0.283 e. The standard InChI is InChI=1S/C28H28N4O2S/c1-19(2)22-11-9-21(10-12-22)16-25-27(34)32(24-13-7-20(3)8-14-24)28(31-25)35-18-26(33)30-17-23-6-4-5-15-29-23/h4-16,19H,17-18H2,1-3H3,(H,30,33)/b25-16-. The Morgan fingerprint density at radius 1 is 1.06 bits per heavy atom. The van der Waals surface area contributed by atoms with Crippen LogP contribution in [0.25, 0.3) is 6.08 Å². The normalized spacial score (nSPS) is 14.5. The van der Waals surface area contributed by atoms with Crippen LogP contribution in [0.5, 0.6) is 0 Å². The van der Waals surface area contributed by atoms with Crippen molar-refractivity contribution >= 4 is 40.5 Å². The Balaban J connectivity index is 1.52. The highest BCUT2D eigenvalue weighted by atomic mass is 32.2. The molecule has 6 nitrogen and oxygen atoms in total. The van der Waals surface area contributed by atoms with Crippen LogP contribution in [0.4, 0.5) is 5.69 Å². The van der Waals surface area contributed by atoms with Gasteiger partial charge in [-0.15, -0.1) is 0 Å². The maximum atomic E-state index is 13.4. The highest BCUT2D eigenvalue weighted by molar-refractivity contribution is 8.14. The van der Waals surface area contributed by atoms with Gasteiger partial charge in [-0.3, -0.25) is 19.5 Å². The van der Waals surface area contributed by atoms with Crippen LogP contribution >= 0.6 is 11.8 Å². The highest BCUT2D eigenvalue weighted by Crippen LogP contribution is 2.30. The summed E-state index contributed by atoms with van der Waals surface area (Å²) in [6, 6.07) is 21.4. The summed E-state index contributed by atoms with van der Waals surface area (Å²) in [5.41, 5.74) is 5.10. The number of pyridine rings is 1. The number of carbonyl (C=O) groups excluding carboxylic acids is 2. The fourth-order valence-corrected chi connectivity index (χ4v) is 4.37. The van der Waals surface area contributed by atoms with Crippen LogP contribution < -0.4 is 10.2 Å². The van der Waals surface area contributed by atoms with Gasteiger partial charge in [0.25, 0.3) is 5.91 Å². The van der Waals surface area contributed by atoms with E-state index in [0.717, 1.165) is 22.5 Å². The topological polar surface area (TPSA) is 74.7 Å². The molecule has 35 heavy (non-hydrogen) atoms. The van der Waals surface area contributed by atoms with E-state index in [9.17, 15) is 9.59 Å². The minimum Gasteiger partial charge on any atom is -0.350 e. The number of benzene rings is 2. The van der Waals surface area contributed by atoms with E-state index in [1.807, 2.05) is 61.5 Å². The molecule has 0 saturated carbocycles. The van der Waals surface area contributed by atoms with Crippen LogP contribution in [0.2, 0.25) is 0 Å². The molecule has 2 amide bonds. The Morgan fingerprint density at radius 3 is 2.46 bits per heavy atom. The largest absolute Gasteiger partial charge is 0.350 e. The van der Waals surface area contributed by atoms with Crippen LogP contribution in [0.3, 0.4) is 0 Å². The molecule has 0 radical (unpaired) electrons. The van der Waals surface area contributed by atoms with Crippen molar-refractivity contribution in [3.05, 3.63) is 101 Å².